The molecule has 0 N–H and O–H groups in total. The molecule has 0 unspecified atom stereocenters. The minimum Gasteiger partial charge on any atom is -0.342 e. The van der Waals surface area contributed by atoms with E-state index in [0.717, 1.165) is 38.0 Å². The average Bonchev–Trinajstić information content (AvgIpc) is 2.91. The second-order valence-electron chi connectivity index (χ2n) is 6.31. The van der Waals surface area contributed by atoms with E-state index >= 15 is 0 Å². The second-order valence-corrected chi connectivity index (χ2v) is 6.31. The lowest BCUT2D eigenvalue weighted by atomic mass is 9.96. The highest BCUT2D eigenvalue weighted by molar-refractivity contribution is 5.78. The van der Waals surface area contributed by atoms with Crippen LogP contribution < -0.4 is 0 Å². The molecule has 1 aliphatic heterocycles. The first kappa shape index (κ1) is 14.1. The summed E-state index contributed by atoms with van der Waals surface area (Å²) in [5.41, 5.74) is 2.27. The molecule has 1 fully saturated rings. The maximum atomic E-state index is 12.0. The standard InChI is InChI=1S/C17H23N3O/c1-13(2)17(21)19-9-7-14(8-10-19)11-20-12-18-15-5-3-4-6-16(15)20/h3-6,12-14H,7-11H2,1-2H3. The fourth-order valence-electron chi connectivity index (χ4n) is 3.14. The molecule has 1 aromatic heterocycles. The van der Waals surface area contributed by atoms with Crippen molar-refractivity contribution in [3.8, 4) is 0 Å². The van der Waals surface area contributed by atoms with Crippen LogP contribution >= 0.6 is 0 Å². The van der Waals surface area contributed by atoms with Crippen LogP contribution in [0, 0.1) is 11.8 Å². The first-order chi connectivity index (χ1) is 10.1. The molecule has 2 heterocycles. The highest BCUT2D eigenvalue weighted by Gasteiger charge is 2.24. The quantitative estimate of drug-likeness (QED) is 0.869. The van der Waals surface area contributed by atoms with Gasteiger partial charge in [-0.25, -0.2) is 4.98 Å². The number of imidazole rings is 1. The van der Waals surface area contributed by atoms with E-state index in [1.807, 2.05) is 31.1 Å². The number of likely N-dealkylation sites (tertiary alicyclic amines) is 1. The summed E-state index contributed by atoms with van der Waals surface area (Å²) in [7, 11) is 0. The Kier molecular flexibility index (Phi) is 3.95. The van der Waals surface area contributed by atoms with Crippen LogP contribution in [0.5, 0.6) is 0 Å². The van der Waals surface area contributed by atoms with Crippen LogP contribution in [0.2, 0.25) is 0 Å². The zero-order chi connectivity index (χ0) is 14.8. The zero-order valence-electron chi connectivity index (χ0n) is 12.8. The van der Waals surface area contributed by atoms with Crippen molar-refractivity contribution in [3.63, 3.8) is 0 Å². The largest absolute Gasteiger partial charge is 0.342 e. The van der Waals surface area contributed by atoms with Crippen molar-refractivity contribution in [1.82, 2.24) is 14.5 Å². The van der Waals surface area contributed by atoms with E-state index in [9.17, 15) is 4.79 Å². The van der Waals surface area contributed by atoms with E-state index in [0.29, 0.717) is 11.8 Å². The summed E-state index contributed by atoms with van der Waals surface area (Å²) in [5.74, 6) is 1.04. The summed E-state index contributed by atoms with van der Waals surface area (Å²) in [6.07, 6.45) is 4.12. The number of aromatic nitrogens is 2. The van der Waals surface area contributed by atoms with Gasteiger partial charge < -0.3 is 9.47 Å². The molecule has 0 spiro atoms. The molecule has 1 aliphatic rings. The van der Waals surface area contributed by atoms with Crippen LogP contribution in [0.1, 0.15) is 26.7 Å². The maximum Gasteiger partial charge on any atom is 0.225 e. The predicted molar refractivity (Wildman–Crippen MR) is 83.9 cm³/mol. The number of nitrogens with zero attached hydrogens (tertiary/aromatic N) is 3. The van der Waals surface area contributed by atoms with Crippen LogP contribution in [0.4, 0.5) is 0 Å². The number of carbonyl (C=O) groups is 1. The number of para-hydroxylation sites is 2. The Morgan fingerprint density at radius 1 is 1.29 bits per heavy atom. The van der Waals surface area contributed by atoms with E-state index in [4.69, 9.17) is 0 Å². The van der Waals surface area contributed by atoms with E-state index in [-0.39, 0.29) is 5.92 Å². The Morgan fingerprint density at radius 2 is 2.00 bits per heavy atom. The van der Waals surface area contributed by atoms with Crippen LogP contribution in [-0.4, -0.2) is 33.4 Å². The molecule has 2 aromatic rings. The molecule has 0 aliphatic carbocycles. The Balaban J connectivity index is 1.62. The van der Waals surface area contributed by atoms with Gasteiger partial charge in [-0.3, -0.25) is 4.79 Å². The molecule has 1 aromatic carbocycles. The lowest BCUT2D eigenvalue weighted by Gasteiger charge is -2.33. The number of hydrogen-bond acceptors (Lipinski definition) is 2. The van der Waals surface area contributed by atoms with Gasteiger partial charge >= 0.3 is 0 Å². The van der Waals surface area contributed by atoms with Crippen LogP contribution in [0.15, 0.2) is 30.6 Å². The van der Waals surface area contributed by atoms with Gasteiger partial charge in [0.1, 0.15) is 0 Å². The number of hydrogen-bond donors (Lipinski definition) is 0. The second kappa shape index (κ2) is 5.88. The fraction of sp³-hybridized carbons (Fsp3) is 0.529. The molecule has 0 saturated carbocycles. The van der Waals surface area contributed by atoms with Crippen molar-refractivity contribution in [2.24, 2.45) is 11.8 Å². The first-order valence-corrected chi connectivity index (χ1v) is 7.84. The van der Waals surface area contributed by atoms with Crippen LogP contribution in [-0.2, 0) is 11.3 Å². The summed E-state index contributed by atoms with van der Waals surface area (Å²) < 4.78 is 2.25. The number of piperidine rings is 1. The van der Waals surface area contributed by atoms with Gasteiger partial charge in [0.05, 0.1) is 17.4 Å². The SMILES string of the molecule is CC(C)C(=O)N1CCC(Cn2cnc3ccccc32)CC1. The molecule has 1 saturated heterocycles. The molecular weight excluding hydrogens is 262 g/mol. The van der Waals surface area contributed by atoms with Crippen molar-refractivity contribution in [2.75, 3.05) is 13.1 Å². The molecule has 3 rings (SSSR count). The molecule has 0 atom stereocenters. The topological polar surface area (TPSA) is 38.1 Å². The fourth-order valence-corrected chi connectivity index (χ4v) is 3.14. The molecule has 112 valence electrons. The third kappa shape index (κ3) is 2.94. The minimum absolute atomic E-state index is 0.110. The van der Waals surface area contributed by atoms with Gasteiger partial charge in [-0.05, 0) is 30.9 Å². The number of fused-ring (bicyclic) bond motifs is 1. The van der Waals surface area contributed by atoms with Gasteiger partial charge in [-0.1, -0.05) is 26.0 Å². The Labute approximate surface area is 125 Å². The molecule has 21 heavy (non-hydrogen) atoms. The predicted octanol–water partition coefficient (Wildman–Crippen LogP) is 2.93. The Hall–Kier alpha value is -1.84. The normalized spacial score (nSPS) is 16.8. The highest BCUT2D eigenvalue weighted by atomic mass is 16.2. The lowest BCUT2D eigenvalue weighted by Crippen LogP contribution is -2.41. The minimum atomic E-state index is 0.110. The van der Waals surface area contributed by atoms with Crippen molar-refractivity contribution < 1.29 is 4.79 Å². The summed E-state index contributed by atoms with van der Waals surface area (Å²) in [4.78, 5) is 18.5. The summed E-state index contributed by atoms with van der Waals surface area (Å²) in [6, 6.07) is 8.26. The van der Waals surface area contributed by atoms with Gasteiger partial charge in [0.2, 0.25) is 5.91 Å². The molecule has 0 radical (unpaired) electrons. The molecule has 4 heteroatoms. The molecule has 4 nitrogen and oxygen atoms in total. The van der Waals surface area contributed by atoms with Gasteiger partial charge in [-0.15, -0.1) is 0 Å². The number of carbonyl (C=O) groups excluding carboxylic acids is 1. The lowest BCUT2D eigenvalue weighted by molar-refractivity contribution is -0.135. The number of benzene rings is 1. The van der Waals surface area contributed by atoms with E-state index in [1.54, 1.807) is 0 Å². The monoisotopic (exact) mass is 285 g/mol. The van der Waals surface area contributed by atoms with Crippen molar-refractivity contribution >= 4 is 16.9 Å². The molecule has 1 amide bonds. The third-order valence-corrected chi connectivity index (χ3v) is 4.40. The number of rotatable bonds is 3. The zero-order valence-corrected chi connectivity index (χ0v) is 12.8. The summed E-state index contributed by atoms with van der Waals surface area (Å²) in [6.45, 7) is 6.75. The molecule has 0 bridgehead atoms. The first-order valence-electron chi connectivity index (χ1n) is 7.84. The van der Waals surface area contributed by atoms with Crippen molar-refractivity contribution in [3.05, 3.63) is 30.6 Å². The highest BCUT2D eigenvalue weighted by Crippen LogP contribution is 2.22. The summed E-state index contributed by atoms with van der Waals surface area (Å²) >= 11 is 0. The van der Waals surface area contributed by atoms with Gasteiger partial charge in [0.25, 0.3) is 0 Å². The van der Waals surface area contributed by atoms with Crippen LogP contribution in [0.25, 0.3) is 11.0 Å². The smallest absolute Gasteiger partial charge is 0.225 e. The maximum absolute atomic E-state index is 12.0. The average molecular weight is 285 g/mol. The van der Waals surface area contributed by atoms with E-state index < -0.39 is 0 Å². The van der Waals surface area contributed by atoms with Gasteiger partial charge in [-0.2, -0.15) is 0 Å². The van der Waals surface area contributed by atoms with Crippen LogP contribution in [0.3, 0.4) is 0 Å². The van der Waals surface area contributed by atoms with Gasteiger partial charge in [0, 0.05) is 25.6 Å². The Morgan fingerprint density at radius 3 is 2.71 bits per heavy atom. The van der Waals surface area contributed by atoms with Crippen molar-refractivity contribution in [1.29, 1.82) is 0 Å². The number of amides is 1. The third-order valence-electron chi connectivity index (χ3n) is 4.40. The van der Waals surface area contributed by atoms with Crippen molar-refractivity contribution in [2.45, 2.75) is 33.2 Å². The van der Waals surface area contributed by atoms with Gasteiger partial charge in [0.15, 0.2) is 0 Å². The van der Waals surface area contributed by atoms with E-state index in [2.05, 4.69) is 27.8 Å². The Bertz CT molecular complexity index is 624. The molecular formula is C17H23N3O. The van der Waals surface area contributed by atoms with E-state index in [1.165, 1.54) is 5.52 Å². The summed E-state index contributed by atoms with van der Waals surface area (Å²) in [5, 5.41) is 0.